The van der Waals surface area contributed by atoms with E-state index in [1.54, 1.807) is 0 Å². The molecule has 0 saturated heterocycles. The van der Waals surface area contributed by atoms with Gasteiger partial charge < -0.3 is 4.55 Å². The van der Waals surface area contributed by atoms with Gasteiger partial charge in [0.1, 0.15) is 6.26 Å². The van der Waals surface area contributed by atoms with E-state index in [1.165, 1.54) is 6.26 Å². The highest BCUT2D eigenvalue weighted by molar-refractivity contribution is 8.04. The first-order valence-corrected chi connectivity index (χ1v) is 5.17. The Balaban J connectivity index is 3.75. The monoisotopic (exact) mass is 157 g/mol. The van der Waals surface area contributed by atoms with Gasteiger partial charge >= 0.3 is 0 Å². The fourth-order valence-corrected chi connectivity index (χ4v) is 1.92. The summed E-state index contributed by atoms with van der Waals surface area (Å²) in [6, 6.07) is 0. The van der Waals surface area contributed by atoms with Crippen LogP contribution in [0, 0.1) is 0 Å². The van der Waals surface area contributed by atoms with Gasteiger partial charge in [-0.2, -0.15) is 0 Å². The van der Waals surface area contributed by atoms with Crippen LogP contribution in [0.15, 0.2) is 0 Å². The van der Waals surface area contributed by atoms with Crippen LogP contribution in [0.3, 0.4) is 0 Å². The molecule has 0 aromatic heterocycles. The highest BCUT2D eigenvalue weighted by atomic mass is 32.3. The molecule has 4 nitrogen and oxygen atoms in total. The molecule has 0 aliphatic heterocycles. The summed E-state index contributed by atoms with van der Waals surface area (Å²) in [6.07, 6.45) is 2.20. The summed E-state index contributed by atoms with van der Waals surface area (Å²) in [5.41, 5.74) is 0. The standard InChI is InChI=1S/C2H7NO3S2/c1-7(4)3-8(2,5)6/h3H,1-2H3. The molecule has 0 heterocycles. The summed E-state index contributed by atoms with van der Waals surface area (Å²) < 4.78 is 32.2. The molecule has 0 aromatic rings. The Bertz CT molecular complexity index is 149. The van der Waals surface area contributed by atoms with E-state index in [2.05, 4.69) is 0 Å². The molecule has 0 aliphatic carbocycles. The van der Waals surface area contributed by atoms with E-state index < -0.39 is 21.4 Å². The lowest BCUT2D eigenvalue weighted by molar-refractivity contribution is 0.582. The second-order valence-corrected chi connectivity index (χ2v) is 4.43. The molecule has 0 saturated carbocycles. The average Bonchev–Trinajstić information content (AvgIpc) is 1.21. The van der Waals surface area contributed by atoms with Crippen molar-refractivity contribution < 1.29 is 13.0 Å². The molecule has 1 N–H and O–H groups in total. The lowest BCUT2D eigenvalue weighted by Crippen LogP contribution is -2.27. The van der Waals surface area contributed by atoms with Crippen LogP contribution in [0.1, 0.15) is 0 Å². The zero-order valence-corrected chi connectivity index (χ0v) is 6.17. The molecule has 0 amide bonds. The minimum Gasteiger partial charge on any atom is -0.598 e. The average molecular weight is 157 g/mol. The quantitative estimate of drug-likeness (QED) is 0.513. The van der Waals surface area contributed by atoms with Crippen LogP contribution < -0.4 is 4.13 Å². The van der Waals surface area contributed by atoms with Crippen LogP contribution in [-0.4, -0.2) is 25.5 Å². The van der Waals surface area contributed by atoms with Crippen LogP contribution in [0.5, 0.6) is 0 Å². The van der Waals surface area contributed by atoms with Crippen molar-refractivity contribution in [2.24, 2.45) is 0 Å². The van der Waals surface area contributed by atoms with E-state index in [0.29, 0.717) is 0 Å². The Labute approximate surface area is 51.6 Å². The van der Waals surface area contributed by atoms with E-state index in [4.69, 9.17) is 0 Å². The van der Waals surface area contributed by atoms with Gasteiger partial charge in [-0.1, -0.05) is 0 Å². The molecular weight excluding hydrogens is 150 g/mol. The summed E-state index contributed by atoms with van der Waals surface area (Å²) in [7, 11) is -3.27. The number of sulfonamides is 1. The summed E-state index contributed by atoms with van der Waals surface area (Å²) in [5.74, 6) is 0. The molecular formula is C2H7NO3S2. The van der Waals surface area contributed by atoms with E-state index in [0.717, 1.165) is 6.26 Å². The molecule has 0 aliphatic rings. The highest BCUT2D eigenvalue weighted by Gasteiger charge is 2.05. The van der Waals surface area contributed by atoms with Crippen LogP contribution in [0.4, 0.5) is 0 Å². The maximum absolute atomic E-state index is 10.1. The van der Waals surface area contributed by atoms with Crippen molar-refractivity contribution in [3.63, 3.8) is 0 Å². The van der Waals surface area contributed by atoms with Crippen LogP contribution in [0.2, 0.25) is 0 Å². The van der Waals surface area contributed by atoms with Crippen LogP contribution in [-0.2, 0) is 21.4 Å². The molecule has 0 spiro atoms. The van der Waals surface area contributed by atoms with Gasteiger partial charge in [-0.15, -0.1) is 0 Å². The van der Waals surface area contributed by atoms with E-state index >= 15 is 0 Å². The molecule has 1 atom stereocenters. The molecule has 6 heteroatoms. The zero-order chi connectivity index (χ0) is 6.78. The Morgan fingerprint density at radius 2 is 2.00 bits per heavy atom. The number of nitrogens with one attached hydrogen (secondary N) is 1. The fraction of sp³-hybridized carbons (Fsp3) is 1.00. The SMILES string of the molecule is C[S+]([O-])NS(C)(=O)=O. The van der Waals surface area contributed by atoms with Gasteiger partial charge in [-0.05, 0) is 4.13 Å². The number of hydrogen-bond donors (Lipinski definition) is 1. The van der Waals surface area contributed by atoms with E-state index in [1.807, 2.05) is 4.13 Å². The van der Waals surface area contributed by atoms with Gasteiger partial charge in [0.2, 0.25) is 10.0 Å². The van der Waals surface area contributed by atoms with Crippen molar-refractivity contribution in [3.8, 4) is 0 Å². The predicted octanol–water partition coefficient (Wildman–Crippen LogP) is -1.17. The second-order valence-electron chi connectivity index (χ2n) is 1.31. The summed E-state index contributed by atoms with van der Waals surface area (Å²) in [5, 5.41) is 0. The third kappa shape index (κ3) is 6.22. The van der Waals surface area contributed by atoms with Gasteiger partial charge in [0.15, 0.2) is 0 Å². The fourth-order valence-electron chi connectivity index (χ4n) is 0.213. The van der Waals surface area contributed by atoms with Gasteiger partial charge in [0.05, 0.1) is 17.6 Å². The van der Waals surface area contributed by atoms with Crippen molar-refractivity contribution in [1.29, 1.82) is 0 Å². The third-order valence-corrected chi connectivity index (χ3v) is 2.42. The van der Waals surface area contributed by atoms with Gasteiger partial charge in [-0.25, -0.2) is 8.42 Å². The normalized spacial score (nSPS) is 15.9. The highest BCUT2D eigenvalue weighted by Crippen LogP contribution is 1.78. The maximum atomic E-state index is 10.1. The minimum atomic E-state index is -3.27. The maximum Gasteiger partial charge on any atom is 0.247 e. The summed E-state index contributed by atoms with van der Waals surface area (Å²) in [6.45, 7) is 0. The Kier molecular flexibility index (Phi) is 2.75. The molecule has 8 heavy (non-hydrogen) atoms. The molecule has 0 rings (SSSR count). The predicted molar refractivity (Wildman–Crippen MR) is 32.0 cm³/mol. The van der Waals surface area contributed by atoms with E-state index in [9.17, 15) is 13.0 Å². The first-order valence-electron chi connectivity index (χ1n) is 1.72. The molecule has 1 unspecified atom stereocenters. The van der Waals surface area contributed by atoms with Gasteiger partial charge in [-0.3, -0.25) is 0 Å². The van der Waals surface area contributed by atoms with Crippen molar-refractivity contribution in [1.82, 2.24) is 4.13 Å². The zero-order valence-electron chi connectivity index (χ0n) is 4.54. The van der Waals surface area contributed by atoms with Crippen molar-refractivity contribution >= 4 is 21.4 Å². The smallest absolute Gasteiger partial charge is 0.247 e. The molecule has 0 aromatic carbocycles. The molecule has 50 valence electrons. The Morgan fingerprint density at radius 1 is 1.62 bits per heavy atom. The summed E-state index contributed by atoms with van der Waals surface area (Å²) in [4.78, 5) is 0. The van der Waals surface area contributed by atoms with Crippen molar-refractivity contribution in [2.45, 2.75) is 0 Å². The Hall–Kier alpha value is 0.220. The number of hydrogen-bond acceptors (Lipinski definition) is 3. The van der Waals surface area contributed by atoms with E-state index in [-0.39, 0.29) is 0 Å². The molecule has 0 fully saturated rings. The minimum absolute atomic E-state index is 0.953. The Morgan fingerprint density at radius 3 is 2.00 bits per heavy atom. The largest absolute Gasteiger partial charge is 0.598 e. The second kappa shape index (κ2) is 2.67. The third-order valence-electron chi connectivity index (χ3n) is 0.269. The van der Waals surface area contributed by atoms with Crippen molar-refractivity contribution in [2.75, 3.05) is 12.5 Å². The van der Waals surface area contributed by atoms with Gasteiger partial charge in [0.25, 0.3) is 0 Å². The number of rotatable bonds is 2. The first kappa shape index (κ1) is 8.22. The van der Waals surface area contributed by atoms with Crippen LogP contribution in [0.25, 0.3) is 0 Å². The topological polar surface area (TPSA) is 69.2 Å². The first-order chi connectivity index (χ1) is 3.42. The lowest BCUT2D eigenvalue weighted by Gasteiger charge is -2.00. The van der Waals surface area contributed by atoms with Gasteiger partial charge in [0, 0.05) is 0 Å². The van der Waals surface area contributed by atoms with Crippen molar-refractivity contribution in [3.05, 3.63) is 0 Å². The molecule has 0 bridgehead atoms. The molecule has 0 radical (unpaired) electrons. The summed E-state index contributed by atoms with van der Waals surface area (Å²) >= 11 is -1.47. The van der Waals surface area contributed by atoms with Crippen LogP contribution >= 0.6 is 0 Å². The lowest BCUT2D eigenvalue weighted by atomic mass is 12.0.